The predicted octanol–water partition coefficient (Wildman–Crippen LogP) is 7.72. The van der Waals surface area contributed by atoms with Crippen molar-refractivity contribution in [2.45, 2.75) is 26.2 Å². The van der Waals surface area contributed by atoms with Crippen molar-refractivity contribution in [2.75, 3.05) is 16.5 Å². The third kappa shape index (κ3) is 5.46. The van der Waals surface area contributed by atoms with Gasteiger partial charge in [-0.15, -0.1) is 0 Å². The number of anilines is 2. The molecule has 35 heavy (non-hydrogen) atoms. The molecule has 5 nitrogen and oxygen atoms in total. The van der Waals surface area contributed by atoms with Crippen LogP contribution >= 0.6 is 0 Å². The van der Waals surface area contributed by atoms with Gasteiger partial charge in [-0.3, -0.25) is 0 Å². The molecule has 3 aromatic carbocycles. The van der Waals surface area contributed by atoms with E-state index in [1.165, 1.54) is 11.3 Å². The second-order valence-corrected chi connectivity index (χ2v) is 9.52. The highest BCUT2D eigenvalue weighted by molar-refractivity contribution is 5.61. The fraction of sp³-hybridized carbons (Fsp3) is 0.167. The van der Waals surface area contributed by atoms with E-state index < -0.39 is 0 Å². The molecule has 0 amide bonds. The Morgan fingerprint density at radius 2 is 1.29 bits per heavy atom. The molecule has 176 valence electrons. The summed E-state index contributed by atoms with van der Waals surface area (Å²) in [6.07, 6.45) is 5.92. The maximum atomic E-state index is 6.16. The van der Waals surface area contributed by atoms with Gasteiger partial charge in [-0.05, 0) is 53.4 Å². The van der Waals surface area contributed by atoms with E-state index in [-0.39, 0.29) is 5.41 Å². The second-order valence-electron chi connectivity index (χ2n) is 9.52. The van der Waals surface area contributed by atoms with Crippen LogP contribution in [-0.2, 0) is 5.41 Å². The third-order valence-electron chi connectivity index (χ3n) is 5.83. The molecule has 0 spiro atoms. The standard InChI is InChI=1S/C30H29N3O2/c1-30(2,3)23-9-6-10-24(19-23)32-17-18-33(22-32)25-11-7-12-26(20-25)34-27-13-8-14-28(21-27)35-29-15-4-5-16-31-29/h4-21H,22H2,1-3H3. The van der Waals surface area contributed by atoms with Crippen LogP contribution in [0.3, 0.4) is 0 Å². The molecule has 0 N–H and O–H groups in total. The summed E-state index contributed by atoms with van der Waals surface area (Å²) in [5.74, 6) is 2.69. The largest absolute Gasteiger partial charge is 0.457 e. The number of aromatic nitrogens is 1. The molecule has 0 bridgehead atoms. The first-order chi connectivity index (χ1) is 16.9. The normalized spacial score (nSPS) is 13.2. The van der Waals surface area contributed by atoms with E-state index in [9.17, 15) is 0 Å². The summed E-state index contributed by atoms with van der Waals surface area (Å²) in [7, 11) is 0. The van der Waals surface area contributed by atoms with E-state index in [4.69, 9.17) is 9.47 Å². The number of rotatable bonds is 6. The van der Waals surface area contributed by atoms with Crippen LogP contribution in [0.4, 0.5) is 11.4 Å². The molecule has 1 aliphatic heterocycles. The molecule has 0 radical (unpaired) electrons. The molecule has 0 aliphatic carbocycles. The van der Waals surface area contributed by atoms with Gasteiger partial charge in [0.15, 0.2) is 0 Å². The zero-order chi connectivity index (χ0) is 24.3. The lowest BCUT2D eigenvalue weighted by Crippen LogP contribution is -2.25. The highest BCUT2D eigenvalue weighted by atomic mass is 16.5. The molecule has 0 unspecified atom stereocenters. The molecule has 0 atom stereocenters. The van der Waals surface area contributed by atoms with Crippen molar-refractivity contribution in [1.82, 2.24) is 4.98 Å². The minimum atomic E-state index is 0.116. The van der Waals surface area contributed by atoms with Gasteiger partial charge in [0.05, 0.1) is 6.67 Å². The lowest BCUT2D eigenvalue weighted by Gasteiger charge is -2.24. The maximum absolute atomic E-state index is 6.16. The quantitative estimate of drug-likeness (QED) is 0.293. The Labute approximate surface area is 206 Å². The number of nitrogens with zero attached hydrogens (tertiary/aromatic N) is 3. The Morgan fingerprint density at radius 3 is 1.97 bits per heavy atom. The molecule has 1 aromatic heterocycles. The first-order valence-corrected chi connectivity index (χ1v) is 11.7. The van der Waals surface area contributed by atoms with Gasteiger partial charge in [0.25, 0.3) is 0 Å². The first kappa shape index (κ1) is 22.5. The van der Waals surface area contributed by atoms with Crippen molar-refractivity contribution < 1.29 is 9.47 Å². The van der Waals surface area contributed by atoms with Gasteiger partial charge in [0.2, 0.25) is 5.88 Å². The maximum Gasteiger partial charge on any atom is 0.219 e. The van der Waals surface area contributed by atoms with Crippen LogP contribution in [0.15, 0.2) is 110 Å². The molecule has 5 rings (SSSR count). The van der Waals surface area contributed by atoms with Crippen molar-refractivity contribution in [1.29, 1.82) is 0 Å². The number of hydrogen-bond donors (Lipinski definition) is 0. The Morgan fingerprint density at radius 1 is 0.657 bits per heavy atom. The smallest absolute Gasteiger partial charge is 0.219 e. The van der Waals surface area contributed by atoms with Crippen molar-refractivity contribution in [2.24, 2.45) is 0 Å². The summed E-state index contributed by atoms with van der Waals surface area (Å²) in [4.78, 5) is 8.67. The topological polar surface area (TPSA) is 37.8 Å². The highest BCUT2D eigenvalue weighted by Crippen LogP contribution is 2.32. The van der Waals surface area contributed by atoms with E-state index in [2.05, 4.69) is 78.3 Å². The van der Waals surface area contributed by atoms with Gasteiger partial charge in [0.1, 0.15) is 17.2 Å². The van der Waals surface area contributed by atoms with Crippen LogP contribution in [0.5, 0.6) is 23.1 Å². The first-order valence-electron chi connectivity index (χ1n) is 11.7. The van der Waals surface area contributed by atoms with E-state index in [0.29, 0.717) is 17.4 Å². The number of pyridine rings is 1. The molecule has 0 saturated heterocycles. The Bertz CT molecular complexity index is 1330. The van der Waals surface area contributed by atoms with Crippen molar-refractivity contribution in [3.8, 4) is 23.1 Å². The molecular weight excluding hydrogens is 434 g/mol. The van der Waals surface area contributed by atoms with Crippen molar-refractivity contribution >= 4 is 11.4 Å². The second kappa shape index (κ2) is 9.55. The minimum Gasteiger partial charge on any atom is -0.457 e. The van der Waals surface area contributed by atoms with E-state index in [0.717, 1.165) is 18.1 Å². The van der Waals surface area contributed by atoms with Gasteiger partial charge < -0.3 is 19.3 Å². The summed E-state index contributed by atoms with van der Waals surface area (Å²) < 4.78 is 12.0. The van der Waals surface area contributed by atoms with Gasteiger partial charge in [-0.1, -0.05) is 51.1 Å². The lowest BCUT2D eigenvalue weighted by atomic mass is 9.87. The summed E-state index contributed by atoms with van der Waals surface area (Å²) >= 11 is 0. The van der Waals surface area contributed by atoms with Gasteiger partial charge in [-0.2, -0.15) is 0 Å². The van der Waals surface area contributed by atoms with Crippen LogP contribution in [0.2, 0.25) is 0 Å². The SMILES string of the molecule is CC(C)(C)c1cccc(N2C=CN(c3cccc(Oc4cccc(Oc5ccccn5)c4)c3)C2)c1. The highest BCUT2D eigenvalue weighted by Gasteiger charge is 2.19. The van der Waals surface area contributed by atoms with Gasteiger partial charge >= 0.3 is 0 Å². The molecular formula is C30H29N3O2. The van der Waals surface area contributed by atoms with Crippen LogP contribution in [0.25, 0.3) is 0 Å². The van der Waals surface area contributed by atoms with Crippen molar-refractivity contribution in [3.63, 3.8) is 0 Å². The van der Waals surface area contributed by atoms with Crippen LogP contribution < -0.4 is 19.3 Å². The number of ether oxygens (including phenoxy) is 2. The molecule has 5 heteroatoms. The zero-order valence-corrected chi connectivity index (χ0v) is 20.3. The van der Waals surface area contributed by atoms with Gasteiger partial charge in [-0.25, -0.2) is 4.98 Å². The predicted molar refractivity (Wildman–Crippen MR) is 141 cm³/mol. The summed E-state index contributed by atoms with van der Waals surface area (Å²) in [5.41, 5.74) is 3.69. The van der Waals surface area contributed by atoms with Gasteiger partial charge in [0, 0.05) is 48.2 Å². The molecule has 1 aliphatic rings. The molecule has 0 fully saturated rings. The summed E-state index contributed by atoms with van der Waals surface area (Å²) in [6, 6.07) is 30.0. The fourth-order valence-electron chi connectivity index (χ4n) is 3.90. The van der Waals surface area contributed by atoms with E-state index >= 15 is 0 Å². The van der Waals surface area contributed by atoms with Crippen LogP contribution in [0.1, 0.15) is 26.3 Å². The Hall–Kier alpha value is -4.25. The Kier molecular flexibility index (Phi) is 6.15. The van der Waals surface area contributed by atoms with E-state index in [1.54, 1.807) is 6.20 Å². The van der Waals surface area contributed by atoms with Crippen LogP contribution in [0, 0.1) is 0 Å². The average molecular weight is 464 g/mol. The Balaban J connectivity index is 1.27. The van der Waals surface area contributed by atoms with Crippen LogP contribution in [-0.4, -0.2) is 11.7 Å². The minimum absolute atomic E-state index is 0.116. The zero-order valence-electron chi connectivity index (χ0n) is 20.3. The summed E-state index contributed by atoms with van der Waals surface area (Å²) in [6.45, 7) is 7.46. The lowest BCUT2D eigenvalue weighted by molar-refractivity contribution is 0.449. The monoisotopic (exact) mass is 463 g/mol. The fourth-order valence-corrected chi connectivity index (χ4v) is 3.90. The summed E-state index contributed by atoms with van der Waals surface area (Å²) in [5, 5.41) is 0. The molecule has 4 aromatic rings. The van der Waals surface area contributed by atoms with E-state index in [1.807, 2.05) is 60.7 Å². The molecule has 2 heterocycles. The molecule has 0 saturated carbocycles. The third-order valence-corrected chi connectivity index (χ3v) is 5.83. The number of hydrogen-bond acceptors (Lipinski definition) is 5. The van der Waals surface area contributed by atoms with Crippen molar-refractivity contribution in [3.05, 3.63) is 115 Å². The number of benzene rings is 3. The average Bonchev–Trinajstić information content (AvgIpc) is 3.35.